The average Bonchev–Trinajstić information content (AvgIpc) is 2.47. The van der Waals surface area contributed by atoms with Crippen molar-refractivity contribution < 1.29 is 4.79 Å². The van der Waals surface area contributed by atoms with Crippen molar-refractivity contribution in [3.05, 3.63) is 58.6 Å². The highest BCUT2D eigenvalue weighted by Crippen LogP contribution is 2.44. The molecule has 1 nitrogen and oxygen atoms in total. The molecule has 0 fully saturated rings. The molecule has 0 aliphatic carbocycles. The first-order valence-electron chi connectivity index (χ1n) is 5.41. The van der Waals surface area contributed by atoms with E-state index in [0.29, 0.717) is 5.02 Å². The summed E-state index contributed by atoms with van der Waals surface area (Å²) < 4.78 is 0. The summed E-state index contributed by atoms with van der Waals surface area (Å²) in [6, 6.07) is 13.3. The second kappa shape index (κ2) is 4.72. The van der Waals surface area contributed by atoms with Gasteiger partial charge in [-0.2, -0.15) is 0 Å². The van der Waals surface area contributed by atoms with Gasteiger partial charge >= 0.3 is 0 Å². The molecule has 2 aromatic carbocycles. The summed E-state index contributed by atoms with van der Waals surface area (Å²) in [4.78, 5) is 14.1. The first kappa shape index (κ1) is 12.3. The third-order valence-electron chi connectivity index (χ3n) is 2.85. The Morgan fingerprint density at radius 3 is 2.72 bits per heavy atom. The molecule has 90 valence electrons. The molecule has 4 heteroatoms. The highest BCUT2D eigenvalue weighted by Gasteiger charge is 2.27. The fraction of sp³-hybridized carbons (Fsp3) is 0.0714. The van der Waals surface area contributed by atoms with E-state index in [-0.39, 0.29) is 10.6 Å². The monoisotopic (exact) mass is 338 g/mol. The van der Waals surface area contributed by atoms with Crippen LogP contribution < -0.4 is 0 Å². The number of hydrogen-bond acceptors (Lipinski definition) is 2. The lowest BCUT2D eigenvalue weighted by Crippen LogP contribution is -2.06. The molecular formula is C14H8BrClOS. The number of halogens is 2. The second-order valence-electron chi connectivity index (χ2n) is 4.01. The van der Waals surface area contributed by atoms with Crippen LogP contribution in [0.15, 0.2) is 52.3 Å². The lowest BCUT2D eigenvalue weighted by molar-refractivity contribution is 0.0988. The summed E-state index contributed by atoms with van der Waals surface area (Å²) >= 11 is 11.1. The number of carbonyl (C=O) groups excluding carboxylic acids is 1. The van der Waals surface area contributed by atoms with Crippen molar-refractivity contribution in [2.24, 2.45) is 0 Å². The fourth-order valence-corrected chi connectivity index (χ4v) is 4.15. The molecule has 0 saturated heterocycles. The van der Waals surface area contributed by atoms with Crippen molar-refractivity contribution in [3.8, 4) is 0 Å². The Morgan fingerprint density at radius 1 is 1.11 bits per heavy atom. The summed E-state index contributed by atoms with van der Waals surface area (Å²) in [5.41, 5.74) is 1.74. The lowest BCUT2D eigenvalue weighted by atomic mass is 10.0. The van der Waals surface area contributed by atoms with Crippen molar-refractivity contribution >= 4 is 45.1 Å². The predicted molar refractivity (Wildman–Crippen MR) is 78.0 cm³/mol. The van der Waals surface area contributed by atoms with Crippen LogP contribution in [0.2, 0.25) is 5.02 Å². The number of carbonyl (C=O) groups is 1. The Labute approximate surface area is 123 Å². The molecule has 0 N–H and O–H groups in total. The van der Waals surface area contributed by atoms with Crippen molar-refractivity contribution in [2.75, 3.05) is 0 Å². The van der Waals surface area contributed by atoms with Crippen LogP contribution in [0, 0.1) is 0 Å². The number of benzene rings is 2. The van der Waals surface area contributed by atoms with E-state index in [1.165, 1.54) is 0 Å². The average molecular weight is 340 g/mol. The summed E-state index contributed by atoms with van der Waals surface area (Å²) in [7, 11) is 0. The van der Waals surface area contributed by atoms with E-state index in [9.17, 15) is 4.79 Å². The SMILES string of the molecule is O=C1c2ccc(Cl)cc2Sc2ccccc2C1Br. The largest absolute Gasteiger partial charge is 0.292 e. The van der Waals surface area contributed by atoms with Crippen LogP contribution in [0.4, 0.5) is 0 Å². The Morgan fingerprint density at radius 2 is 1.89 bits per heavy atom. The van der Waals surface area contributed by atoms with Gasteiger partial charge in [0.15, 0.2) is 5.78 Å². The molecule has 2 aromatic rings. The maximum atomic E-state index is 12.4. The van der Waals surface area contributed by atoms with Crippen LogP contribution in [-0.2, 0) is 0 Å². The topological polar surface area (TPSA) is 17.1 Å². The third kappa shape index (κ3) is 2.00. The van der Waals surface area contributed by atoms with Gasteiger partial charge < -0.3 is 0 Å². The molecule has 0 saturated carbocycles. The van der Waals surface area contributed by atoms with Crippen LogP contribution in [0.5, 0.6) is 0 Å². The molecule has 1 unspecified atom stereocenters. The van der Waals surface area contributed by atoms with E-state index in [1.807, 2.05) is 30.3 Å². The van der Waals surface area contributed by atoms with Gasteiger partial charge in [-0.1, -0.05) is 57.5 Å². The van der Waals surface area contributed by atoms with Crippen LogP contribution in [-0.4, -0.2) is 5.78 Å². The van der Waals surface area contributed by atoms with Crippen LogP contribution in [0.25, 0.3) is 0 Å². The van der Waals surface area contributed by atoms with E-state index in [2.05, 4.69) is 15.9 Å². The maximum Gasteiger partial charge on any atom is 0.182 e. The fourth-order valence-electron chi connectivity index (χ4n) is 1.96. The number of ketones is 1. The highest BCUT2D eigenvalue weighted by molar-refractivity contribution is 9.09. The zero-order chi connectivity index (χ0) is 12.7. The van der Waals surface area contributed by atoms with E-state index in [4.69, 9.17) is 11.6 Å². The summed E-state index contributed by atoms with van der Waals surface area (Å²) in [5, 5.41) is 0.652. The van der Waals surface area contributed by atoms with Crippen LogP contribution in [0.3, 0.4) is 0 Å². The van der Waals surface area contributed by atoms with E-state index >= 15 is 0 Å². The van der Waals surface area contributed by atoms with Gasteiger partial charge in [-0.25, -0.2) is 0 Å². The van der Waals surface area contributed by atoms with Crippen LogP contribution in [0.1, 0.15) is 20.7 Å². The molecule has 0 amide bonds. The number of alkyl halides is 1. The number of fused-ring (bicyclic) bond motifs is 2. The maximum absolute atomic E-state index is 12.4. The predicted octanol–water partition coefficient (Wildman–Crippen LogP) is 5.12. The van der Waals surface area contributed by atoms with E-state index < -0.39 is 0 Å². The molecule has 0 bridgehead atoms. The van der Waals surface area contributed by atoms with Gasteiger partial charge in [0.05, 0.1) is 0 Å². The van der Waals surface area contributed by atoms with Gasteiger partial charge in [0, 0.05) is 20.4 Å². The minimum Gasteiger partial charge on any atom is -0.292 e. The minimum absolute atomic E-state index is 0.0825. The van der Waals surface area contributed by atoms with Gasteiger partial charge in [-0.3, -0.25) is 4.79 Å². The van der Waals surface area contributed by atoms with Crippen LogP contribution >= 0.6 is 39.3 Å². The number of hydrogen-bond donors (Lipinski definition) is 0. The van der Waals surface area contributed by atoms with Gasteiger partial charge in [-0.15, -0.1) is 0 Å². The first-order chi connectivity index (χ1) is 8.66. The van der Waals surface area contributed by atoms with E-state index in [0.717, 1.165) is 20.9 Å². The highest BCUT2D eigenvalue weighted by atomic mass is 79.9. The zero-order valence-electron chi connectivity index (χ0n) is 9.19. The van der Waals surface area contributed by atoms with Gasteiger partial charge in [0.25, 0.3) is 0 Å². The van der Waals surface area contributed by atoms with E-state index in [1.54, 1.807) is 23.9 Å². The van der Waals surface area contributed by atoms with Crippen molar-refractivity contribution in [1.29, 1.82) is 0 Å². The third-order valence-corrected chi connectivity index (χ3v) is 5.14. The molecule has 0 aromatic heterocycles. The van der Waals surface area contributed by atoms with Gasteiger partial charge in [0.1, 0.15) is 4.83 Å². The normalized spacial score (nSPS) is 17.9. The Hall–Kier alpha value is -0.770. The molecule has 18 heavy (non-hydrogen) atoms. The minimum atomic E-state index is -0.288. The molecule has 0 radical (unpaired) electrons. The molecular weight excluding hydrogens is 332 g/mol. The molecule has 0 spiro atoms. The Kier molecular flexibility index (Phi) is 3.22. The van der Waals surface area contributed by atoms with Crippen molar-refractivity contribution in [1.82, 2.24) is 0 Å². The first-order valence-corrected chi connectivity index (χ1v) is 7.52. The smallest absolute Gasteiger partial charge is 0.182 e. The quantitative estimate of drug-likeness (QED) is 0.619. The molecule has 1 aliphatic rings. The summed E-state index contributed by atoms with van der Waals surface area (Å²) in [6.45, 7) is 0. The number of rotatable bonds is 0. The zero-order valence-corrected chi connectivity index (χ0v) is 12.3. The molecule has 3 rings (SSSR count). The Bertz CT molecular complexity index is 641. The second-order valence-corrected chi connectivity index (χ2v) is 6.44. The Balaban J connectivity index is 2.24. The van der Waals surface area contributed by atoms with Gasteiger partial charge in [-0.05, 0) is 29.8 Å². The molecule has 1 heterocycles. The van der Waals surface area contributed by atoms with Crippen molar-refractivity contribution in [2.45, 2.75) is 14.6 Å². The molecule has 1 aliphatic heterocycles. The van der Waals surface area contributed by atoms with Crippen molar-refractivity contribution in [3.63, 3.8) is 0 Å². The summed E-state index contributed by atoms with van der Waals surface area (Å²) in [6.07, 6.45) is 0. The molecule has 1 atom stereocenters. The summed E-state index contributed by atoms with van der Waals surface area (Å²) in [5.74, 6) is 0.0825. The van der Waals surface area contributed by atoms with Gasteiger partial charge in [0.2, 0.25) is 0 Å². The lowest BCUT2D eigenvalue weighted by Gasteiger charge is -2.08. The standard InChI is InChI=1S/C14H8BrClOS/c15-13-9-3-1-2-4-11(9)18-12-7-8(16)5-6-10(12)14(13)17/h1-7,13H. The number of Topliss-reactive ketones (excluding diaryl/α,β-unsaturated/α-hetero) is 1.